The topological polar surface area (TPSA) is 272 Å². The number of guanidine groups is 6. The molecule has 0 saturated heterocycles. The van der Waals surface area contributed by atoms with Crippen molar-refractivity contribution in [3.05, 3.63) is 340 Å². The monoisotopic (exact) mass is 2160 g/mol. The van der Waals surface area contributed by atoms with E-state index in [4.69, 9.17) is 61.9 Å². The minimum atomic E-state index is -4.90. The lowest BCUT2D eigenvalue weighted by atomic mass is 9.99. The van der Waals surface area contributed by atoms with Gasteiger partial charge in [0, 0.05) is 131 Å². The number of alkyl halides is 15. The van der Waals surface area contributed by atoms with Gasteiger partial charge in [0.15, 0.2) is 23.1 Å². The number of fused-ring (bicyclic) bond motifs is 7. The van der Waals surface area contributed by atoms with Crippen molar-refractivity contribution in [3.63, 3.8) is 0 Å². The molecule has 0 radical (unpaired) electrons. The Balaban J connectivity index is 0.000000142. The van der Waals surface area contributed by atoms with Gasteiger partial charge in [-0.25, -0.2) is 28.8 Å². The molecular formula is C107H99Cl2F17N18O4S2. The molecular weight excluding hydrogens is 2060 g/mol. The first kappa shape index (κ1) is 111. The summed E-state index contributed by atoms with van der Waals surface area (Å²) in [6.07, 6.45) is -13.8. The van der Waals surface area contributed by atoms with E-state index in [0.29, 0.717) is 101 Å². The summed E-state index contributed by atoms with van der Waals surface area (Å²) in [6.45, 7) is 3.68. The van der Waals surface area contributed by atoms with Crippen LogP contribution in [0, 0.1) is 22.5 Å². The number of aliphatic imine (C=N–C) groups is 4. The van der Waals surface area contributed by atoms with Crippen LogP contribution >= 0.6 is 35.0 Å². The van der Waals surface area contributed by atoms with Gasteiger partial charge in [-0.1, -0.05) is 157 Å². The number of rotatable bonds is 10. The minimum absolute atomic E-state index is 0.0382. The average molecular weight is 2160 g/mol. The van der Waals surface area contributed by atoms with Crippen LogP contribution in [0.1, 0.15) is 71.0 Å². The van der Waals surface area contributed by atoms with Crippen LogP contribution in [0.25, 0.3) is 10.8 Å². The van der Waals surface area contributed by atoms with E-state index >= 15 is 0 Å². The van der Waals surface area contributed by atoms with Gasteiger partial charge >= 0.3 is 31.4 Å². The predicted octanol–water partition coefficient (Wildman–Crippen LogP) is 26.7. The second-order valence-electron chi connectivity index (χ2n) is 34.3. The summed E-state index contributed by atoms with van der Waals surface area (Å²) in [5.74, 6) is -1.17. The molecule has 19 rings (SSSR count). The number of aryl methyl sites for hydroxylation is 5. The van der Waals surface area contributed by atoms with Gasteiger partial charge in [0.05, 0.1) is 50.3 Å². The van der Waals surface area contributed by atoms with Crippen molar-refractivity contribution >= 4 is 161 Å². The second-order valence-corrected chi connectivity index (χ2v) is 37.7. The Kier molecular flexibility index (Phi) is 35.8. The minimum Gasteiger partial charge on any atom is -0.406 e. The zero-order chi connectivity index (χ0) is 108. The lowest BCUT2D eigenvalue weighted by molar-refractivity contribution is -0.275. The fourth-order valence-corrected chi connectivity index (χ4v) is 19.2. The molecule has 1 atom stereocenters. The van der Waals surface area contributed by atoms with Crippen molar-refractivity contribution in [1.82, 2.24) is 0 Å². The smallest absolute Gasteiger partial charge is 0.406 e. The molecule has 1 unspecified atom stereocenters. The zero-order valence-corrected chi connectivity index (χ0v) is 83.5. The maximum Gasteiger partial charge on any atom is 0.573 e. The average Bonchev–Trinajstić information content (AvgIpc) is 0.788. The van der Waals surface area contributed by atoms with Gasteiger partial charge in [-0.05, 0) is 237 Å². The Labute approximate surface area is 869 Å². The van der Waals surface area contributed by atoms with Crippen LogP contribution in [-0.4, -0.2) is 124 Å². The summed E-state index contributed by atoms with van der Waals surface area (Å²) in [4.78, 5) is 32.3. The summed E-state index contributed by atoms with van der Waals surface area (Å²) in [5, 5.41) is 20.2. The molecule has 0 spiro atoms. The van der Waals surface area contributed by atoms with Gasteiger partial charge in [-0.15, -0.1) is 51.3 Å². The normalized spacial score (nSPS) is 14.9. The summed E-state index contributed by atoms with van der Waals surface area (Å²) in [5.41, 5.74) is 34.1. The van der Waals surface area contributed by atoms with E-state index in [1.54, 1.807) is 49.3 Å². The fraction of sp³-hybridized carbons (Fsp3) is 0.234. The van der Waals surface area contributed by atoms with Gasteiger partial charge in [0.2, 0.25) is 35.8 Å². The number of halogens is 19. The Bertz CT molecular complexity index is 7180. The van der Waals surface area contributed by atoms with Crippen LogP contribution in [0.4, 0.5) is 143 Å². The van der Waals surface area contributed by atoms with Crippen molar-refractivity contribution in [2.45, 2.75) is 105 Å². The standard InChI is InChI=1S/C19H16ClN3S.C18H17ClF3N3OS.C18H15F6N3O.C18H18F3N3O.C17H16F3N3O.C17H17F2N3/c20-14-8-9-18-17(12-14)23(10-11-24-18)19(21)22-16-7-3-5-13-4-1-2-6-15(13)16;1-27(26)13-6-7-14(19)15(10-13)24-17(23)25-8-2-3-11-4-5-12(9-16(11)25)18(20,21)22;19-17(20,21)12-7-8-14-11(10-12)4-3-9-27(14)16(25)26-13-5-1-2-6-15(13)28-18(22,23)24;1-23(15-10-4-5-11-16(15)25-18(19,20)21)17(22)24-12-6-8-13-7-2-3-9-14(13)24;18-17(19,20)24-14-8-3-7-13(11-14)22-16(21)23-10-4-6-12-5-1-2-9-15(12)23;1-21(15-10-4-8-13(18)16(15)19)17(20)22-11-5-7-12-6-2-3-9-14(12)22/h1-9,12H,10-11H2,(H2,21,22);4-7,9-10H,2-3,8H2,1H3,(H2,23,24);1-2,5-8,10H,3-4,9H2,(H2,25,26);2-5,7,9-11,22H,6,8,12H2,1H3;1-3,5,7-9,11H,4,6,10H2,(H2,21,22);2-4,6,8-10,20H,5,7,11H2,1H3. The highest BCUT2D eigenvalue weighted by molar-refractivity contribution is 7.99. The maximum atomic E-state index is 13.9. The van der Waals surface area contributed by atoms with Crippen molar-refractivity contribution < 1.29 is 93.1 Å². The summed E-state index contributed by atoms with van der Waals surface area (Å²) in [6, 6.07) is 75.9. The van der Waals surface area contributed by atoms with E-state index in [9.17, 15) is 78.8 Å². The van der Waals surface area contributed by atoms with Crippen LogP contribution in [0.15, 0.2) is 309 Å². The van der Waals surface area contributed by atoms with E-state index in [1.807, 2.05) is 147 Å². The number of ether oxygens (including phenoxy) is 3. The molecule has 0 amide bonds. The molecule has 150 heavy (non-hydrogen) atoms. The molecule has 0 fully saturated rings. The Morgan fingerprint density at radius 2 is 0.820 bits per heavy atom. The third-order valence-corrected chi connectivity index (χ3v) is 26.8. The Morgan fingerprint density at radius 3 is 1.41 bits per heavy atom. The van der Waals surface area contributed by atoms with Crippen molar-refractivity contribution in [1.29, 1.82) is 10.8 Å². The molecule has 6 heterocycles. The molecule has 0 aliphatic carbocycles. The third-order valence-electron chi connectivity index (χ3n) is 24.3. The van der Waals surface area contributed by atoms with Crippen LogP contribution in [0.5, 0.6) is 17.2 Å². The lowest BCUT2D eigenvalue weighted by Gasteiger charge is -2.35. The Morgan fingerprint density at radius 1 is 0.387 bits per heavy atom. The summed E-state index contributed by atoms with van der Waals surface area (Å²) < 4.78 is 241. The quantitative estimate of drug-likeness (QED) is 0.0422. The molecule has 22 nitrogen and oxygen atoms in total. The van der Waals surface area contributed by atoms with E-state index in [2.05, 4.69) is 47.4 Å². The molecule has 6 aliphatic heterocycles. The number of para-hydroxylation sites is 7. The summed E-state index contributed by atoms with van der Waals surface area (Å²) in [7, 11) is 1.92. The van der Waals surface area contributed by atoms with Crippen molar-refractivity contribution in [3.8, 4) is 17.2 Å². The maximum absolute atomic E-state index is 13.9. The van der Waals surface area contributed by atoms with E-state index < -0.39 is 70.8 Å². The first-order valence-corrected chi connectivity index (χ1v) is 49.9. The van der Waals surface area contributed by atoms with E-state index in [1.165, 1.54) is 116 Å². The molecule has 43 heteroatoms. The molecule has 0 aromatic heterocycles. The highest BCUT2D eigenvalue weighted by Crippen LogP contribution is 2.44. The second kappa shape index (κ2) is 48.6. The highest BCUT2D eigenvalue weighted by atomic mass is 35.5. The molecule has 13 aromatic carbocycles. The van der Waals surface area contributed by atoms with Gasteiger partial charge in [-0.3, -0.25) is 15.0 Å². The van der Waals surface area contributed by atoms with Gasteiger partial charge in [-0.2, -0.15) is 26.3 Å². The molecule has 786 valence electrons. The van der Waals surface area contributed by atoms with E-state index in [0.717, 1.165) is 144 Å². The van der Waals surface area contributed by atoms with Gasteiger partial charge in [0.1, 0.15) is 11.4 Å². The van der Waals surface area contributed by atoms with Crippen LogP contribution in [-0.2, 0) is 55.3 Å². The number of benzene rings is 13. The molecule has 0 saturated carbocycles. The van der Waals surface area contributed by atoms with Gasteiger partial charge < -0.3 is 76.3 Å². The van der Waals surface area contributed by atoms with Crippen LogP contribution in [0.2, 0.25) is 10.0 Å². The van der Waals surface area contributed by atoms with Crippen LogP contribution < -0.4 is 76.3 Å². The van der Waals surface area contributed by atoms with Gasteiger partial charge in [0.25, 0.3) is 0 Å². The molecule has 0 bridgehead atoms. The molecule has 13 aromatic rings. The lowest BCUT2D eigenvalue weighted by Crippen LogP contribution is -2.44. The number of nitrogens with one attached hydrogen (secondary N) is 2. The summed E-state index contributed by atoms with van der Waals surface area (Å²) >= 11 is 14.1. The number of thioether (sulfide) groups is 1. The SMILES string of the molecule is CN(C(=N)N1CCCc2ccccc21)c1cccc(F)c1F.CN(C(=N)N1CCCc2ccccc21)c1ccccc1OC(F)(F)F.CS(=O)c1ccc(Cl)c(N=C(N)N2CCCc3ccc(C(F)(F)F)cc32)c1.NC(=Nc1cccc(OC(F)(F)F)c1)N1CCCc2ccccc21.NC(=Nc1cccc2ccccc12)N1CCSc2ccc(Cl)cc21.NC(=Nc1ccccc1OC(F)(F)F)N1CCCc2cc(C(F)(F)F)ccc21. The third kappa shape index (κ3) is 28.7. The molecule has 6 aliphatic rings. The zero-order valence-electron chi connectivity index (χ0n) is 80.4. The first-order chi connectivity index (χ1) is 71.3. The Hall–Kier alpha value is -15.0. The van der Waals surface area contributed by atoms with Crippen molar-refractivity contribution in [2.24, 2.45) is 42.9 Å². The van der Waals surface area contributed by atoms with E-state index in [-0.39, 0.29) is 58.4 Å². The van der Waals surface area contributed by atoms with Crippen molar-refractivity contribution in [2.75, 3.05) is 105 Å². The predicted molar refractivity (Wildman–Crippen MR) is 561 cm³/mol. The number of anilines is 8. The fourth-order valence-electron chi connectivity index (χ4n) is 17.3. The number of hydrogen-bond donors (Lipinski definition) is 6. The first-order valence-electron chi connectivity index (χ1n) is 46.6. The number of nitrogens with two attached hydrogens (primary N) is 4. The van der Waals surface area contributed by atoms with Crippen LogP contribution in [0.3, 0.4) is 0 Å². The molecule has 10 N–H and O–H groups in total. The highest BCUT2D eigenvalue weighted by Gasteiger charge is 2.39. The largest absolute Gasteiger partial charge is 0.573 e. The number of nitrogens with zero attached hydrogens (tertiary/aromatic N) is 12. The number of hydrogen-bond acceptors (Lipinski definition) is 11.